The molecular formula is C17H25F3O2Si. The highest BCUT2D eigenvalue weighted by atomic mass is 28.4. The number of hydrogen-bond acceptors (Lipinski definition) is 2. The predicted octanol–water partition coefficient (Wildman–Crippen LogP) is 5.17. The predicted molar refractivity (Wildman–Crippen MR) is 86.2 cm³/mol. The fraction of sp³-hybridized carbons (Fsp3) is 0.647. The summed E-state index contributed by atoms with van der Waals surface area (Å²) in [7, 11) is -1.80. The molecule has 1 aliphatic rings. The molecule has 0 saturated heterocycles. The molecule has 1 aromatic rings. The van der Waals surface area contributed by atoms with Crippen LogP contribution in [-0.2, 0) is 15.8 Å². The van der Waals surface area contributed by atoms with Gasteiger partial charge in [-0.3, -0.25) is 0 Å². The Morgan fingerprint density at radius 2 is 1.57 bits per heavy atom. The Balaban J connectivity index is 1.82. The summed E-state index contributed by atoms with van der Waals surface area (Å²) in [6, 6.07) is 1.35. The first-order valence-corrected chi connectivity index (χ1v) is 10.8. The fourth-order valence-corrected chi connectivity index (χ4v) is 3.63. The lowest BCUT2D eigenvalue weighted by atomic mass is 9.92. The normalized spacial score (nSPS) is 22.1. The van der Waals surface area contributed by atoms with Gasteiger partial charge in [-0.25, -0.2) is 13.2 Å². The Morgan fingerprint density at radius 3 is 2.04 bits per heavy atom. The van der Waals surface area contributed by atoms with Crippen LogP contribution in [0.1, 0.15) is 39.2 Å². The summed E-state index contributed by atoms with van der Waals surface area (Å²) in [5, 5.41) is 0.152. The van der Waals surface area contributed by atoms with Crippen molar-refractivity contribution in [2.45, 2.75) is 70.6 Å². The third-order valence-corrected chi connectivity index (χ3v) is 9.42. The summed E-state index contributed by atoms with van der Waals surface area (Å²) in [5.41, 5.74) is -0.222. The van der Waals surface area contributed by atoms with Crippen molar-refractivity contribution in [1.29, 1.82) is 0 Å². The van der Waals surface area contributed by atoms with E-state index in [0.29, 0.717) is 12.1 Å². The van der Waals surface area contributed by atoms with Crippen LogP contribution in [0.4, 0.5) is 13.2 Å². The van der Waals surface area contributed by atoms with Crippen molar-refractivity contribution >= 4 is 8.32 Å². The topological polar surface area (TPSA) is 18.5 Å². The Bertz CT molecular complexity index is 540. The number of halogens is 3. The summed E-state index contributed by atoms with van der Waals surface area (Å²) in [6.45, 7) is 10.8. The van der Waals surface area contributed by atoms with E-state index >= 15 is 0 Å². The monoisotopic (exact) mass is 346 g/mol. The fourth-order valence-electron chi connectivity index (χ4n) is 2.25. The second kappa shape index (κ2) is 6.57. The second-order valence-corrected chi connectivity index (χ2v) is 12.5. The van der Waals surface area contributed by atoms with Crippen molar-refractivity contribution in [2.75, 3.05) is 0 Å². The van der Waals surface area contributed by atoms with Gasteiger partial charge in [0, 0.05) is 23.8 Å². The average Bonchev–Trinajstić information content (AvgIpc) is 2.32. The number of rotatable bonds is 5. The van der Waals surface area contributed by atoms with E-state index in [4.69, 9.17) is 9.16 Å². The highest BCUT2D eigenvalue weighted by Crippen LogP contribution is 2.40. The summed E-state index contributed by atoms with van der Waals surface area (Å²) in [5.74, 6) is -2.73. The van der Waals surface area contributed by atoms with Crippen LogP contribution in [0.5, 0.6) is 0 Å². The standard InChI is InChI=1S/C17H25F3O2Si/c1-17(2,3)23(4,5)22-13-8-12(9-13)21-10-14-15(19)6-11(18)7-16(14)20/h6-7,12-13H,8-10H2,1-5H3/t12-,13+. The molecule has 0 aromatic heterocycles. The van der Waals surface area contributed by atoms with Crippen LogP contribution in [0.2, 0.25) is 18.1 Å². The number of hydrogen-bond donors (Lipinski definition) is 0. The Hall–Kier alpha value is -0.853. The molecule has 0 amide bonds. The van der Waals surface area contributed by atoms with E-state index in [2.05, 4.69) is 33.9 Å². The van der Waals surface area contributed by atoms with Crippen LogP contribution < -0.4 is 0 Å². The smallest absolute Gasteiger partial charge is 0.192 e. The largest absolute Gasteiger partial charge is 0.414 e. The van der Waals surface area contributed by atoms with E-state index in [9.17, 15) is 13.2 Å². The van der Waals surface area contributed by atoms with Crippen LogP contribution in [0, 0.1) is 17.5 Å². The maximum Gasteiger partial charge on any atom is 0.192 e. The van der Waals surface area contributed by atoms with E-state index in [1.807, 2.05) is 0 Å². The van der Waals surface area contributed by atoms with Crippen molar-refractivity contribution in [3.05, 3.63) is 35.1 Å². The lowest BCUT2D eigenvalue weighted by molar-refractivity contribution is -0.0738. The molecule has 0 atom stereocenters. The van der Waals surface area contributed by atoms with E-state index in [1.54, 1.807) is 0 Å². The van der Waals surface area contributed by atoms with Crippen molar-refractivity contribution in [1.82, 2.24) is 0 Å². The van der Waals surface area contributed by atoms with Gasteiger partial charge in [-0.15, -0.1) is 0 Å². The van der Waals surface area contributed by atoms with Gasteiger partial charge in [0.25, 0.3) is 0 Å². The third-order valence-electron chi connectivity index (χ3n) is 4.89. The highest BCUT2D eigenvalue weighted by molar-refractivity contribution is 6.74. The molecule has 130 valence electrons. The van der Waals surface area contributed by atoms with Gasteiger partial charge in [0.15, 0.2) is 8.32 Å². The van der Waals surface area contributed by atoms with Crippen LogP contribution in [0.25, 0.3) is 0 Å². The highest BCUT2D eigenvalue weighted by Gasteiger charge is 2.42. The molecule has 0 spiro atoms. The molecular weight excluding hydrogens is 321 g/mol. The molecule has 2 nitrogen and oxygen atoms in total. The first-order chi connectivity index (χ1) is 10.5. The summed E-state index contributed by atoms with van der Waals surface area (Å²) >= 11 is 0. The quantitative estimate of drug-likeness (QED) is 0.685. The van der Waals surface area contributed by atoms with Crippen LogP contribution in [0.15, 0.2) is 12.1 Å². The number of ether oxygens (including phenoxy) is 1. The first-order valence-electron chi connectivity index (χ1n) is 7.92. The zero-order chi connectivity index (χ0) is 17.4. The molecule has 0 aliphatic heterocycles. The minimum Gasteiger partial charge on any atom is -0.414 e. The van der Waals surface area contributed by atoms with Gasteiger partial charge in [-0.05, 0) is 31.0 Å². The molecule has 0 radical (unpaired) electrons. The van der Waals surface area contributed by atoms with Gasteiger partial charge in [-0.1, -0.05) is 20.8 Å². The lowest BCUT2D eigenvalue weighted by Crippen LogP contribution is -2.49. The van der Waals surface area contributed by atoms with Gasteiger partial charge >= 0.3 is 0 Å². The lowest BCUT2D eigenvalue weighted by Gasteiger charge is -2.44. The molecule has 6 heteroatoms. The minimum atomic E-state index is -1.80. The Morgan fingerprint density at radius 1 is 1.04 bits per heavy atom. The first kappa shape index (κ1) is 18.5. The van der Waals surface area contributed by atoms with Gasteiger partial charge in [0.1, 0.15) is 17.5 Å². The average molecular weight is 346 g/mol. The van der Waals surface area contributed by atoms with Gasteiger partial charge in [-0.2, -0.15) is 0 Å². The summed E-state index contributed by atoms with van der Waals surface area (Å²) in [4.78, 5) is 0. The number of benzene rings is 1. The molecule has 1 aliphatic carbocycles. The zero-order valence-corrected chi connectivity index (χ0v) is 15.4. The van der Waals surface area contributed by atoms with E-state index in [0.717, 1.165) is 12.8 Å². The molecule has 23 heavy (non-hydrogen) atoms. The molecule has 1 fully saturated rings. The SMILES string of the molecule is CC(C)(C)[Si](C)(C)O[C@H]1C[C@@H](OCc2c(F)cc(F)cc2F)C1. The van der Waals surface area contributed by atoms with Crippen molar-refractivity contribution in [3.63, 3.8) is 0 Å². The Kier molecular flexibility index (Phi) is 5.28. The molecule has 0 bridgehead atoms. The van der Waals surface area contributed by atoms with E-state index in [1.165, 1.54) is 0 Å². The van der Waals surface area contributed by atoms with Crippen LogP contribution in [0.3, 0.4) is 0 Å². The molecule has 0 unspecified atom stereocenters. The molecule has 0 heterocycles. The third kappa shape index (κ3) is 4.36. The van der Waals surface area contributed by atoms with Crippen LogP contribution in [-0.4, -0.2) is 20.5 Å². The summed E-state index contributed by atoms with van der Waals surface area (Å²) in [6.07, 6.45) is 1.56. The second-order valence-electron chi connectivity index (χ2n) is 7.75. The van der Waals surface area contributed by atoms with Crippen molar-refractivity contribution in [3.8, 4) is 0 Å². The maximum absolute atomic E-state index is 13.5. The van der Waals surface area contributed by atoms with Crippen molar-refractivity contribution in [2.24, 2.45) is 0 Å². The van der Waals surface area contributed by atoms with Gasteiger partial charge in [0.2, 0.25) is 0 Å². The zero-order valence-electron chi connectivity index (χ0n) is 14.4. The van der Waals surface area contributed by atoms with E-state index in [-0.39, 0.29) is 29.4 Å². The summed E-state index contributed by atoms with van der Waals surface area (Å²) < 4.78 is 51.7. The minimum absolute atomic E-state index is 0.0615. The van der Waals surface area contributed by atoms with Crippen LogP contribution >= 0.6 is 0 Å². The molecule has 0 N–H and O–H groups in total. The molecule has 1 aromatic carbocycles. The molecule has 2 rings (SSSR count). The van der Waals surface area contributed by atoms with Crippen molar-refractivity contribution < 1.29 is 22.3 Å². The van der Waals surface area contributed by atoms with Gasteiger partial charge < -0.3 is 9.16 Å². The Labute approximate surface area is 137 Å². The van der Waals surface area contributed by atoms with Gasteiger partial charge in [0.05, 0.1) is 12.7 Å². The maximum atomic E-state index is 13.5. The van der Waals surface area contributed by atoms with E-state index < -0.39 is 25.8 Å². The molecule has 1 saturated carbocycles.